The van der Waals surface area contributed by atoms with Crippen LogP contribution in [0.4, 0.5) is 0 Å². The summed E-state index contributed by atoms with van der Waals surface area (Å²) in [4.78, 5) is 17.5. The molecule has 0 aliphatic heterocycles. The van der Waals surface area contributed by atoms with Gasteiger partial charge in [0, 0.05) is 31.9 Å². The molecule has 1 amide bonds. The van der Waals surface area contributed by atoms with Crippen LogP contribution in [0.15, 0.2) is 18.3 Å². The smallest absolute Gasteiger partial charge is 0.254 e. The number of hydrogen-bond donors (Lipinski definition) is 1. The van der Waals surface area contributed by atoms with Crippen LogP contribution in [-0.2, 0) is 0 Å². The SMILES string of the molecule is CN(C)C(=O)c1ccc(OC2CCC(C)(N)CC2)nc1. The normalized spacial score (nSPS) is 26.1. The summed E-state index contributed by atoms with van der Waals surface area (Å²) >= 11 is 0. The third-order valence-corrected chi connectivity index (χ3v) is 3.75. The molecule has 2 N–H and O–H groups in total. The number of aromatic nitrogens is 1. The Bertz CT molecular complexity index is 459. The molecular weight excluding hydrogens is 254 g/mol. The van der Waals surface area contributed by atoms with E-state index in [9.17, 15) is 4.79 Å². The van der Waals surface area contributed by atoms with Crippen molar-refractivity contribution < 1.29 is 9.53 Å². The van der Waals surface area contributed by atoms with E-state index >= 15 is 0 Å². The van der Waals surface area contributed by atoms with Gasteiger partial charge in [0.1, 0.15) is 6.10 Å². The van der Waals surface area contributed by atoms with Crippen LogP contribution in [0.1, 0.15) is 43.0 Å². The van der Waals surface area contributed by atoms with Gasteiger partial charge in [0.25, 0.3) is 5.91 Å². The minimum atomic E-state index is -0.0602. The number of hydrogen-bond acceptors (Lipinski definition) is 4. The summed E-state index contributed by atoms with van der Waals surface area (Å²) in [6.07, 6.45) is 5.58. The number of amides is 1. The zero-order chi connectivity index (χ0) is 14.8. The van der Waals surface area contributed by atoms with Crippen LogP contribution in [0.5, 0.6) is 5.88 Å². The third-order valence-electron chi connectivity index (χ3n) is 3.75. The number of carbonyl (C=O) groups is 1. The predicted molar refractivity (Wildman–Crippen MR) is 77.7 cm³/mol. The molecule has 0 radical (unpaired) electrons. The van der Waals surface area contributed by atoms with E-state index in [1.165, 1.54) is 4.90 Å². The zero-order valence-corrected chi connectivity index (χ0v) is 12.4. The first-order chi connectivity index (χ1) is 9.37. The monoisotopic (exact) mass is 277 g/mol. The summed E-state index contributed by atoms with van der Waals surface area (Å²) in [6.45, 7) is 2.09. The molecule has 20 heavy (non-hydrogen) atoms. The van der Waals surface area contributed by atoms with Gasteiger partial charge in [-0.2, -0.15) is 0 Å². The quantitative estimate of drug-likeness (QED) is 0.915. The van der Waals surface area contributed by atoms with Crippen LogP contribution in [0.25, 0.3) is 0 Å². The Labute approximate surface area is 120 Å². The Kier molecular flexibility index (Phi) is 4.28. The first-order valence-electron chi connectivity index (χ1n) is 7.01. The van der Waals surface area contributed by atoms with Crippen LogP contribution in [-0.4, -0.2) is 41.5 Å². The minimum absolute atomic E-state index is 0.0550. The second-order valence-electron chi connectivity index (χ2n) is 6.06. The maximum absolute atomic E-state index is 11.7. The molecule has 0 bridgehead atoms. The molecule has 1 fully saturated rings. The van der Waals surface area contributed by atoms with Gasteiger partial charge in [-0.25, -0.2) is 4.98 Å². The molecule has 1 saturated carbocycles. The van der Waals surface area contributed by atoms with Crippen LogP contribution in [0.2, 0.25) is 0 Å². The molecule has 2 rings (SSSR count). The fourth-order valence-corrected chi connectivity index (χ4v) is 2.37. The van der Waals surface area contributed by atoms with Gasteiger partial charge < -0.3 is 15.4 Å². The van der Waals surface area contributed by atoms with Gasteiger partial charge >= 0.3 is 0 Å². The topological polar surface area (TPSA) is 68.5 Å². The highest BCUT2D eigenvalue weighted by Gasteiger charge is 2.28. The second-order valence-corrected chi connectivity index (χ2v) is 6.06. The third kappa shape index (κ3) is 3.70. The van der Waals surface area contributed by atoms with Gasteiger partial charge in [-0.3, -0.25) is 4.79 Å². The van der Waals surface area contributed by atoms with E-state index < -0.39 is 0 Å². The lowest BCUT2D eigenvalue weighted by Gasteiger charge is -2.33. The molecule has 1 aliphatic rings. The summed E-state index contributed by atoms with van der Waals surface area (Å²) < 4.78 is 5.85. The molecule has 0 aromatic carbocycles. The molecule has 1 aromatic rings. The molecule has 5 nitrogen and oxygen atoms in total. The van der Waals surface area contributed by atoms with E-state index in [0.717, 1.165) is 25.7 Å². The van der Waals surface area contributed by atoms with Crippen molar-refractivity contribution in [3.05, 3.63) is 23.9 Å². The fraction of sp³-hybridized carbons (Fsp3) is 0.600. The van der Waals surface area contributed by atoms with Gasteiger partial charge in [0.15, 0.2) is 0 Å². The first kappa shape index (κ1) is 14.8. The highest BCUT2D eigenvalue weighted by atomic mass is 16.5. The number of nitrogens with zero attached hydrogens (tertiary/aromatic N) is 2. The zero-order valence-electron chi connectivity index (χ0n) is 12.4. The Hall–Kier alpha value is -1.62. The van der Waals surface area contributed by atoms with E-state index in [-0.39, 0.29) is 17.6 Å². The van der Waals surface area contributed by atoms with Crippen LogP contribution < -0.4 is 10.5 Å². The lowest BCUT2D eigenvalue weighted by Crippen LogP contribution is -2.42. The fourth-order valence-electron chi connectivity index (χ4n) is 2.37. The number of pyridine rings is 1. The van der Waals surface area contributed by atoms with E-state index in [1.54, 1.807) is 32.4 Å². The van der Waals surface area contributed by atoms with Crippen molar-refractivity contribution in [3.63, 3.8) is 0 Å². The van der Waals surface area contributed by atoms with E-state index in [1.807, 2.05) is 0 Å². The molecule has 1 aliphatic carbocycles. The van der Waals surface area contributed by atoms with Crippen molar-refractivity contribution >= 4 is 5.91 Å². The minimum Gasteiger partial charge on any atom is -0.474 e. The van der Waals surface area contributed by atoms with E-state index in [2.05, 4.69) is 11.9 Å². The molecule has 110 valence electrons. The van der Waals surface area contributed by atoms with Crippen LogP contribution in [0, 0.1) is 0 Å². The highest BCUT2D eigenvalue weighted by Crippen LogP contribution is 2.28. The second kappa shape index (κ2) is 5.79. The Morgan fingerprint density at radius 3 is 2.55 bits per heavy atom. The van der Waals surface area contributed by atoms with Crippen LogP contribution >= 0.6 is 0 Å². The van der Waals surface area contributed by atoms with Crippen molar-refractivity contribution in [2.24, 2.45) is 5.73 Å². The molecule has 1 heterocycles. The summed E-state index contributed by atoms with van der Waals surface area (Å²) in [6, 6.07) is 3.51. The van der Waals surface area contributed by atoms with Gasteiger partial charge in [-0.1, -0.05) is 0 Å². The number of ether oxygens (including phenoxy) is 1. The average Bonchev–Trinajstić information content (AvgIpc) is 2.41. The van der Waals surface area contributed by atoms with Crippen molar-refractivity contribution in [1.29, 1.82) is 0 Å². The first-order valence-corrected chi connectivity index (χ1v) is 7.01. The van der Waals surface area contributed by atoms with E-state index in [0.29, 0.717) is 11.4 Å². The molecule has 0 atom stereocenters. The maximum Gasteiger partial charge on any atom is 0.254 e. The standard InChI is InChI=1S/C15H23N3O2/c1-15(16)8-6-12(7-9-15)20-13-5-4-11(10-17-13)14(19)18(2)3/h4-5,10,12H,6-9,16H2,1-3H3. The lowest BCUT2D eigenvalue weighted by molar-refractivity contribution is 0.0826. The van der Waals surface area contributed by atoms with Crippen molar-refractivity contribution in [1.82, 2.24) is 9.88 Å². The van der Waals surface area contributed by atoms with Gasteiger partial charge in [0.2, 0.25) is 5.88 Å². The number of rotatable bonds is 3. The average molecular weight is 277 g/mol. The Morgan fingerprint density at radius 2 is 2.05 bits per heavy atom. The molecule has 0 saturated heterocycles. The molecule has 0 unspecified atom stereocenters. The van der Waals surface area contributed by atoms with E-state index in [4.69, 9.17) is 10.5 Å². The van der Waals surface area contributed by atoms with Crippen molar-refractivity contribution in [2.75, 3.05) is 14.1 Å². The lowest BCUT2D eigenvalue weighted by atomic mass is 9.83. The van der Waals surface area contributed by atoms with Crippen LogP contribution in [0.3, 0.4) is 0 Å². The van der Waals surface area contributed by atoms with Gasteiger partial charge in [-0.05, 0) is 38.7 Å². The highest BCUT2D eigenvalue weighted by molar-refractivity contribution is 5.93. The maximum atomic E-state index is 11.7. The molecule has 1 aromatic heterocycles. The summed E-state index contributed by atoms with van der Waals surface area (Å²) in [5.41, 5.74) is 6.61. The summed E-state index contributed by atoms with van der Waals surface area (Å²) in [5.74, 6) is 0.520. The predicted octanol–water partition coefficient (Wildman–Crippen LogP) is 1.82. The summed E-state index contributed by atoms with van der Waals surface area (Å²) in [7, 11) is 3.44. The molecular formula is C15H23N3O2. The van der Waals surface area contributed by atoms with Crippen molar-refractivity contribution in [2.45, 2.75) is 44.2 Å². The van der Waals surface area contributed by atoms with Crippen molar-refractivity contribution in [3.8, 4) is 5.88 Å². The summed E-state index contributed by atoms with van der Waals surface area (Å²) in [5, 5.41) is 0. The molecule has 0 spiro atoms. The molecule has 5 heteroatoms. The largest absolute Gasteiger partial charge is 0.474 e. The number of carbonyl (C=O) groups excluding carboxylic acids is 1. The van der Waals surface area contributed by atoms with Gasteiger partial charge in [0.05, 0.1) is 5.56 Å². The van der Waals surface area contributed by atoms with Gasteiger partial charge in [-0.15, -0.1) is 0 Å². The number of nitrogens with two attached hydrogens (primary N) is 1. The Balaban J connectivity index is 1.93. The Morgan fingerprint density at radius 1 is 1.40 bits per heavy atom.